The maximum atomic E-state index is 12.5. The van der Waals surface area contributed by atoms with Crippen molar-refractivity contribution in [2.24, 2.45) is 5.92 Å². The van der Waals surface area contributed by atoms with Crippen LogP contribution in [-0.4, -0.2) is 23.5 Å². The highest BCUT2D eigenvalue weighted by Crippen LogP contribution is 2.39. The van der Waals surface area contributed by atoms with E-state index in [-0.39, 0.29) is 23.7 Å². The summed E-state index contributed by atoms with van der Waals surface area (Å²) in [4.78, 5) is 29.0. The van der Waals surface area contributed by atoms with Crippen molar-refractivity contribution in [3.63, 3.8) is 0 Å². The largest absolute Gasteiger partial charge is 0.466 e. The van der Waals surface area contributed by atoms with Crippen LogP contribution in [0.1, 0.15) is 54.3 Å². The van der Waals surface area contributed by atoms with Crippen LogP contribution in [0.4, 0.5) is 5.00 Å². The van der Waals surface area contributed by atoms with Gasteiger partial charge >= 0.3 is 5.97 Å². The van der Waals surface area contributed by atoms with Crippen molar-refractivity contribution in [1.82, 2.24) is 4.98 Å². The van der Waals surface area contributed by atoms with Crippen molar-refractivity contribution in [3.05, 3.63) is 46.1 Å². The van der Waals surface area contributed by atoms with Crippen molar-refractivity contribution in [2.45, 2.75) is 45.4 Å². The van der Waals surface area contributed by atoms with Crippen molar-refractivity contribution < 1.29 is 14.3 Å². The van der Waals surface area contributed by atoms with Gasteiger partial charge in [0.1, 0.15) is 11.1 Å². The number of pyridine rings is 1. The number of esters is 1. The minimum atomic E-state index is -0.273. The fourth-order valence-corrected chi connectivity index (χ4v) is 4.79. The number of anilines is 1. The van der Waals surface area contributed by atoms with Gasteiger partial charge in [-0.3, -0.25) is 14.6 Å². The fraction of sp³-hybridized carbons (Fsp3) is 0.429. The molecule has 1 aliphatic carbocycles. The van der Waals surface area contributed by atoms with E-state index < -0.39 is 0 Å². The van der Waals surface area contributed by atoms with E-state index in [4.69, 9.17) is 4.74 Å². The number of hydrogen-bond acceptors (Lipinski definition) is 6. The predicted molar refractivity (Wildman–Crippen MR) is 107 cm³/mol. The van der Waals surface area contributed by atoms with Crippen LogP contribution in [-0.2, 0) is 27.2 Å². The number of nitrogens with one attached hydrogen (secondary N) is 1. The van der Waals surface area contributed by atoms with Gasteiger partial charge in [0.15, 0.2) is 0 Å². The zero-order chi connectivity index (χ0) is 20.1. The molecule has 0 radical (unpaired) electrons. The quantitative estimate of drug-likeness (QED) is 0.748. The van der Waals surface area contributed by atoms with Crippen LogP contribution in [0.2, 0.25) is 0 Å². The van der Waals surface area contributed by atoms with Gasteiger partial charge in [-0.15, -0.1) is 11.3 Å². The van der Waals surface area contributed by atoms with E-state index in [2.05, 4.69) is 16.4 Å². The van der Waals surface area contributed by atoms with E-state index in [0.29, 0.717) is 23.6 Å². The number of fused-ring (bicyclic) bond motifs is 1. The average molecular weight is 398 g/mol. The van der Waals surface area contributed by atoms with Gasteiger partial charge in [-0.2, -0.15) is 5.26 Å². The molecular weight excluding hydrogens is 374 g/mol. The van der Waals surface area contributed by atoms with E-state index in [1.165, 1.54) is 18.3 Å². The highest BCUT2D eigenvalue weighted by molar-refractivity contribution is 7.16. The molecule has 0 bridgehead atoms. The number of amides is 1. The highest BCUT2D eigenvalue weighted by atomic mass is 32.1. The van der Waals surface area contributed by atoms with Crippen molar-refractivity contribution >= 4 is 28.2 Å². The number of carbonyl (C=O) groups is 2. The molecule has 2 unspecified atom stereocenters. The van der Waals surface area contributed by atoms with Gasteiger partial charge in [0.05, 0.1) is 12.2 Å². The Labute approximate surface area is 168 Å². The van der Waals surface area contributed by atoms with Crippen LogP contribution in [0.3, 0.4) is 0 Å². The fourth-order valence-electron chi connectivity index (χ4n) is 3.47. The smallest absolute Gasteiger partial charge is 0.302 e. The molecule has 2 aromatic heterocycles. The van der Waals surface area contributed by atoms with Gasteiger partial charge < -0.3 is 10.1 Å². The topological polar surface area (TPSA) is 92.1 Å². The molecule has 2 atom stereocenters. The molecule has 0 fully saturated rings. The third kappa shape index (κ3) is 4.76. The van der Waals surface area contributed by atoms with Crippen LogP contribution in [0.25, 0.3) is 0 Å². The number of nitrogens with zero attached hydrogens (tertiary/aromatic N) is 2. The summed E-state index contributed by atoms with van der Waals surface area (Å²) in [6.07, 6.45) is 4.43. The summed E-state index contributed by atoms with van der Waals surface area (Å²) in [5, 5.41) is 13.2. The van der Waals surface area contributed by atoms with Crippen LogP contribution >= 0.6 is 11.3 Å². The van der Waals surface area contributed by atoms with Gasteiger partial charge in [0, 0.05) is 36.0 Å². The van der Waals surface area contributed by atoms with Crippen LogP contribution in [0, 0.1) is 17.2 Å². The molecule has 28 heavy (non-hydrogen) atoms. The molecule has 0 aliphatic heterocycles. The molecule has 7 heteroatoms. The lowest BCUT2D eigenvalue weighted by atomic mass is 9.88. The molecule has 0 aromatic carbocycles. The zero-order valence-electron chi connectivity index (χ0n) is 16.0. The maximum Gasteiger partial charge on any atom is 0.302 e. The first-order chi connectivity index (χ1) is 13.5. The lowest BCUT2D eigenvalue weighted by Gasteiger charge is -2.21. The lowest BCUT2D eigenvalue weighted by Crippen LogP contribution is -2.19. The van der Waals surface area contributed by atoms with E-state index in [9.17, 15) is 14.9 Å². The second-order valence-electron chi connectivity index (χ2n) is 7.14. The third-order valence-electron chi connectivity index (χ3n) is 4.94. The normalized spacial score (nSPS) is 16.5. The maximum absolute atomic E-state index is 12.5. The minimum Gasteiger partial charge on any atom is -0.466 e. The second-order valence-corrected chi connectivity index (χ2v) is 8.24. The molecule has 0 spiro atoms. The van der Waals surface area contributed by atoms with Gasteiger partial charge in [0.2, 0.25) is 5.91 Å². The first-order valence-corrected chi connectivity index (χ1v) is 10.2. The van der Waals surface area contributed by atoms with Crippen LogP contribution in [0.15, 0.2) is 24.4 Å². The van der Waals surface area contributed by atoms with Crippen LogP contribution in [0.5, 0.6) is 0 Å². The Balaban J connectivity index is 1.67. The second kappa shape index (κ2) is 8.98. The number of carbonyl (C=O) groups excluding carboxylic acids is 2. The molecule has 0 saturated carbocycles. The number of ether oxygens (including phenoxy) is 1. The molecular formula is C21H23N3O3S. The summed E-state index contributed by atoms with van der Waals surface area (Å²) < 4.78 is 5.14. The number of hydrogen-bond donors (Lipinski definition) is 1. The Kier molecular flexibility index (Phi) is 6.42. The van der Waals surface area contributed by atoms with Gasteiger partial charge in [-0.1, -0.05) is 13.0 Å². The zero-order valence-corrected chi connectivity index (χ0v) is 16.8. The van der Waals surface area contributed by atoms with E-state index >= 15 is 0 Å². The molecule has 2 aromatic rings. The summed E-state index contributed by atoms with van der Waals surface area (Å²) in [7, 11) is 0. The Bertz CT molecular complexity index is 902. The number of aromatic nitrogens is 1. The molecule has 1 N–H and O–H groups in total. The van der Waals surface area contributed by atoms with E-state index in [1.54, 1.807) is 6.20 Å². The minimum absolute atomic E-state index is 0.00516. The summed E-state index contributed by atoms with van der Waals surface area (Å²) in [6, 6.07) is 7.92. The van der Waals surface area contributed by atoms with Gasteiger partial charge in [0.25, 0.3) is 0 Å². The molecule has 1 amide bonds. The number of rotatable bonds is 6. The molecule has 0 saturated heterocycles. The summed E-state index contributed by atoms with van der Waals surface area (Å²) in [6.45, 7) is 3.77. The Morgan fingerprint density at radius 2 is 2.29 bits per heavy atom. The molecule has 6 nitrogen and oxygen atoms in total. The monoisotopic (exact) mass is 397 g/mol. The van der Waals surface area contributed by atoms with Gasteiger partial charge in [-0.05, 0) is 42.9 Å². The predicted octanol–water partition coefficient (Wildman–Crippen LogP) is 3.82. The Morgan fingerprint density at radius 3 is 2.96 bits per heavy atom. The van der Waals surface area contributed by atoms with Crippen molar-refractivity contribution in [3.8, 4) is 6.07 Å². The molecule has 1 aliphatic rings. The SMILES string of the molecule is CC(=O)OCC1CCc2c(sc(NC(=O)CC(C)c3ccccn3)c2C#N)C1. The summed E-state index contributed by atoms with van der Waals surface area (Å²) in [5.74, 6) is -0.141. The van der Waals surface area contributed by atoms with E-state index in [1.807, 2.05) is 25.1 Å². The third-order valence-corrected chi connectivity index (χ3v) is 6.11. The first-order valence-electron chi connectivity index (χ1n) is 9.36. The number of thiophene rings is 1. The average Bonchev–Trinajstić information content (AvgIpc) is 3.02. The molecule has 146 valence electrons. The molecule has 3 rings (SSSR count). The Morgan fingerprint density at radius 1 is 1.46 bits per heavy atom. The summed E-state index contributed by atoms with van der Waals surface area (Å²) >= 11 is 1.47. The summed E-state index contributed by atoms with van der Waals surface area (Å²) in [5.41, 5.74) is 2.47. The van der Waals surface area contributed by atoms with Crippen LogP contribution < -0.4 is 5.32 Å². The Hall–Kier alpha value is -2.72. The van der Waals surface area contributed by atoms with Gasteiger partial charge in [-0.25, -0.2) is 0 Å². The standard InChI is InChI=1S/C21H23N3O3S/c1-13(18-5-3-4-8-23-18)9-20(26)24-21-17(11-22)16-7-6-15(10-19(16)28-21)12-27-14(2)25/h3-5,8,13,15H,6-7,9-10,12H2,1-2H3,(H,24,26). The van der Waals surface area contributed by atoms with Crippen molar-refractivity contribution in [2.75, 3.05) is 11.9 Å². The number of nitriles is 1. The molecule has 2 heterocycles. The highest BCUT2D eigenvalue weighted by Gasteiger charge is 2.27. The first kappa shape index (κ1) is 20.0. The lowest BCUT2D eigenvalue weighted by molar-refractivity contribution is -0.142. The van der Waals surface area contributed by atoms with E-state index in [0.717, 1.165) is 35.4 Å². The van der Waals surface area contributed by atoms with Crippen molar-refractivity contribution in [1.29, 1.82) is 5.26 Å².